The lowest BCUT2D eigenvalue weighted by molar-refractivity contribution is 0.0951. The minimum Gasteiger partial charge on any atom is -0.351 e. The maximum Gasteiger partial charge on any atom is 0.328 e. The summed E-state index contributed by atoms with van der Waals surface area (Å²) in [6.45, 7) is 0.309. The third-order valence-electron chi connectivity index (χ3n) is 4.20. The van der Waals surface area contributed by atoms with Gasteiger partial charge in [0.15, 0.2) is 0 Å². The highest BCUT2D eigenvalue weighted by molar-refractivity contribution is 6.31. The van der Waals surface area contributed by atoms with E-state index in [-0.39, 0.29) is 12.1 Å². The molecule has 0 atom stereocenters. The average molecular weight is 418 g/mol. The highest BCUT2D eigenvalue weighted by Crippen LogP contribution is 2.15. The summed E-state index contributed by atoms with van der Waals surface area (Å²) in [7, 11) is 0. The van der Waals surface area contributed by atoms with Crippen molar-refractivity contribution in [3.63, 3.8) is 0 Å². The summed E-state index contributed by atoms with van der Waals surface area (Å²) in [6, 6.07) is 14.2. The molecule has 1 aromatic heterocycles. The van der Waals surface area contributed by atoms with Crippen LogP contribution in [-0.2, 0) is 13.0 Å². The summed E-state index contributed by atoms with van der Waals surface area (Å²) >= 11 is 11.9. The van der Waals surface area contributed by atoms with Crippen molar-refractivity contribution in [3.8, 4) is 0 Å². The van der Waals surface area contributed by atoms with E-state index >= 15 is 0 Å². The van der Waals surface area contributed by atoms with Crippen LogP contribution >= 0.6 is 23.2 Å². The van der Waals surface area contributed by atoms with E-state index in [1.165, 1.54) is 0 Å². The van der Waals surface area contributed by atoms with Crippen LogP contribution < -0.4 is 16.6 Å². The Labute approximate surface area is 170 Å². The second-order valence-corrected chi connectivity index (χ2v) is 6.97. The summed E-state index contributed by atoms with van der Waals surface area (Å²) in [4.78, 5) is 39.6. The Bertz CT molecular complexity index is 1100. The Morgan fingerprint density at radius 3 is 2.46 bits per heavy atom. The van der Waals surface area contributed by atoms with Crippen LogP contribution in [0.3, 0.4) is 0 Å². The number of hydrogen-bond acceptors (Lipinski definition) is 3. The molecule has 3 aromatic rings. The molecule has 3 rings (SSSR count). The van der Waals surface area contributed by atoms with Gasteiger partial charge in [0.1, 0.15) is 5.56 Å². The van der Waals surface area contributed by atoms with Crippen LogP contribution in [0.4, 0.5) is 0 Å². The fourth-order valence-corrected chi connectivity index (χ4v) is 3.00. The van der Waals surface area contributed by atoms with Crippen LogP contribution in [-0.4, -0.2) is 22.0 Å². The van der Waals surface area contributed by atoms with Gasteiger partial charge in [0, 0.05) is 22.8 Å². The molecule has 0 aliphatic carbocycles. The maximum atomic E-state index is 12.6. The van der Waals surface area contributed by atoms with Crippen molar-refractivity contribution in [1.29, 1.82) is 0 Å². The van der Waals surface area contributed by atoms with Gasteiger partial charge >= 0.3 is 5.69 Å². The number of amides is 1. The van der Waals surface area contributed by atoms with Crippen molar-refractivity contribution in [1.82, 2.24) is 14.9 Å². The number of nitrogens with zero attached hydrogens (tertiary/aromatic N) is 1. The lowest BCUT2D eigenvalue weighted by Crippen LogP contribution is -2.41. The molecule has 0 aliphatic heterocycles. The number of carbonyl (C=O) groups excluding carboxylic acids is 1. The molecule has 0 fully saturated rings. The van der Waals surface area contributed by atoms with Gasteiger partial charge in [-0.2, -0.15) is 0 Å². The molecule has 2 N–H and O–H groups in total. The largest absolute Gasteiger partial charge is 0.351 e. The fourth-order valence-electron chi connectivity index (χ4n) is 2.68. The number of rotatable bonds is 6. The zero-order valence-corrected chi connectivity index (χ0v) is 16.3. The highest BCUT2D eigenvalue weighted by atomic mass is 35.5. The van der Waals surface area contributed by atoms with E-state index in [0.29, 0.717) is 28.6 Å². The molecule has 2 aromatic carbocycles. The zero-order chi connectivity index (χ0) is 20.1. The first kappa shape index (κ1) is 19.9. The predicted molar refractivity (Wildman–Crippen MR) is 109 cm³/mol. The fraction of sp³-hybridized carbons (Fsp3) is 0.150. The Balaban J connectivity index is 1.74. The van der Waals surface area contributed by atoms with Crippen LogP contribution in [0.25, 0.3) is 0 Å². The molecule has 28 heavy (non-hydrogen) atoms. The number of halogens is 2. The van der Waals surface area contributed by atoms with Gasteiger partial charge in [-0.05, 0) is 35.7 Å². The molecule has 0 bridgehead atoms. The van der Waals surface area contributed by atoms with Gasteiger partial charge in [0.25, 0.3) is 11.5 Å². The highest BCUT2D eigenvalue weighted by Gasteiger charge is 2.15. The Kier molecular flexibility index (Phi) is 6.34. The van der Waals surface area contributed by atoms with E-state index in [1.54, 1.807) is 36.4 Å². The lowest BCUT2D eigenvalue weighted by atomic mass is 10.1. The summed E-state index contributed by atoms with van der Waals surface area (Å²) < 4.78 is 0.954. The van der Waals surface area contributed by atoms with E-state index < -0.39 is 17.2 Å². The molecule has 1 heterocycles. The van der Waals surface area contributed by atoms with Crippen LogP contribution in [0.2, 0.25) is 10.0 Å². The minimum absolute atomic E-state index is 0.0280. The molecule has 8 heteroatoms. The van der Waals surface area contributed by atoms with Crippen molar-refractivity contribution in [2.75, 3.05) is 6.54 Å². The van der Waals surface area contributed by atoms with Crippen molar-refractivity contribution >= 4 is 29.1 Å². The number of hydrogen-bond donors (Lipinski definition) is 2. The monoisotopic (exact) mass is 417 g/mol. The van der Waals surface area contributed by atoms with Crippen molar-refractivity contribution in [3.05, 3.63) is 102 Å². The number of nitrogens with one attached hydrogen (secondary N) is 2. The van der Waals surface area contributed by atoms with E-state index in [9.17, 15) is 14.4 Å². The number of benzene rings is 2. The van der Waals surface area contributed by atoms with Crippen LogP contribution in [0.5, 0.6) is 0 Å². The molecule has 0 saturated heterocycles. The summed E-state index contributed by atoms with van der Waals surface area (Å²) in [5.74, 6) is -0.553. The molecule has 0 saturated carbocycles. The first-order chi connectivity index (χ1) is 13.5. The second-order valence-electron chi connectivity index (χ2n) is 6.12. The molecule has 1 amide bonds. The smallest absolute Gasteiger partial charge is 0.328 e. The van der Waals surface area contributed by atoms with Crippen LogP contribution in [0, 0.1) is 0 Å². The summed E-state index contributed by atoms with van der Waals surface area (Å²) in [6.07, 6.45) is 1.71. The standard InChI is InChI=1S/C20H17Cl2N3O3/c21-15-7-5-13(6-8-15)9-10-23-18(26)16-11-24-20(28)25(19(16)27)12-14-3-1-2-4-17(14)22/h1-8,11H,9-10,12H2,(H,23,26)(H,24,28). The van der Waals surface area contributed by atoms with Crippen LogP contribution in [0.15, 0.2) is 64.3 Å². The quantitative estimate of drug-likeness (QED) is 0.646. The third-order valence-corrected chi connectivity index (χ3v) is 4.82. The van der Waals surface area contributed by atoms with Crippen molar-refractivity contribution in [2.24, 2.45) is 0 Å². The lowest BCUT2D eigenvalue weighted by Gasteiger charge is -2.09. The molecule has 0 unspecified atom stereocenters. The average Bonchev–Trinajstić information content (AvgIpc) is 2.68. The summed E-state index contributed by atoms with van der Waals surface area (Å²) in [5.41, 5.74) is 0.192. The minimum atomic E-state index is -0.673. The van der Waals surface area contributed by atoms with Crippen LogP contribution in [0.1, 0.15) is 21.5 Å². The summed E-state index contributed by atoms with van der Waals surface area (Å²) in [5, 5.41) is 3.77. The van der Waals surface area contributed by atoms with Gasteiger partial charge in [-0.15, -0.1) is 0 Å². The van der Waals surface area contributed by atoms with Crippen molar-refractivity contribution < 1.29 is 4.79 Å². The molecule has 0 aliphatic rings. The molecular weight excluding hydrogens is 401 g/mol. The van der Waals surface area contributed by atoms with Gasteiger partial charge in [-0.1, -0.05) is 53.5 Å². The normalized spacial score (nSPS) is 10.6. The molecule has 6 nitrogen and oxygen atoms in total. The van der Waals surface area contributed by atoms with E-state index in [4.69, 9.17) is 23.2 Å². The predicted octanol–water partition coefficient (Wildman–Crippen LogP) is 2.86. The second kappa shape index (κ2) is 8.91. The number of carbonyl (C=O) groups is 1. The molecule has 144 valence electrons. The van der Waals surface area contributed by atoms with E-state index in [2.05, 4.69) is 10.3 Å². The third kappa shape index (κ3) is 4.71. The van der Waals surface area contributed by atoms with E-state index in [0.717, 1.165) is 16.3 Å². The molecule has 0 radical (unpaired) electrons. The van der Waals surface area contributed by atoms with Crippen molar-refractivity contribution in [2.45, 2.75) is 13.0 Å². The number of aromatic amines is 1. The zero-order valence-electron chi connectivity index (χ0n) is 14.7. The Morgan fingerprint density at radius 2 is 1.75 bits per heavy atom. The van der Waals surface area contributed by atoms with E-state index in [1.807, 2.05) is 12.1 Å². The molecular formula is C20H17Cl2N3O3. The van der Waals surface area contributed by atoms with Gasteiger partial charge in [0.2, 0.25) is 0 Å². The Hall–Kier alpha value is -2.83. The van der Waals surface area contributed by atoms with Gasteiger partial charge in [0.05, 0.1) is 6.54 Å². The van der Waals surface area contributed by atoms with Gasteiger partial charge < -0.3 is 10.3 Å². The first-order valence-electron chi connectivity index (χ1n) is 8.54. The van der Waals surface area contributed by atoms with Gasteiger partial charge in [-0.25, -0.2) is 4.79 Å². The number of H-pyrrole nitrogens is 1. The Morgan fingerprint density at radius 1 is 1.04 bits per heavy atom. The topological polar surface area (TPSA) is 84.0 Å². The number of aromatic nitrogens is 2. The first-order valence-corrected chi connectivity index (χ1v) is 9.30. The maximum absolute atomic E-state index is 12.6. The molecule has 0 spiro atoms. The van der Waals surface area contributed by atoms with Gasteiger partial charge in [-0.3, -0.25) is 14.2 Å². The SMILES string of the molecule is O=C(NCCc1ccc(Cl)cc1)c1c[nH]c(=O)n(Cc2ccccc2Cl)c1=O.